The zero-order chi connectivity index (χ0) is 29.1. The summed E-state index contributed by atoms with van der Waals surface area (Å²) in [5.74, 6) is 1.19. The highest BCUT2D eigenvalue weighted by Crippen LogP contribution is 2.29. The second-order valence-electron chi connectivity index (χ2n) is 9.50. The van der Waals surface area contributed by atoms with Crippen LogP contribution in [0.1, 0.15) is 24.0 Å². The van der Waals surface area contributed by atoms with Gasteiger partial charge in [0, 0.05) is 36.6 Å². The molecule has 4 rings (SSSR count). The number of nitrogens with one attached hydrogen (secondary N) is 1. The van der Waals surface area contributed by atoms with Gasteiger partial charge in [-0.2, -0.15) is 11.8 Å². The number of amides is 1. The van der Waals surface area contributed by atoms with Crippen LogP contribution in [-0.2, 0) is 25.1 Å². The van der Waals surface area contributed by atoms with Gasteiger partial charge in [-0.1, -0.05) is 30.3 Å². The normalized spacial score (nSPS) is 16.6. The summed E-state index contributed by atoms with van der Waals surface area (Å²) in [4.78, 5) is 18.3. The maximum absolute atomic E-state index is 13.5. The third kappa shape index (κ3) is 8.54. The van der Waals surface area contributed by atoms with Crippen LogP contribution in [0.3, 0.4) is 0 Å². The van der Waals surface area contributed by atoms with Crippen LogP contribution in [-0.4, -0.2) is 68.7 Å². The number of aliphatic hydroxyl groups is 1. The first-order valence-electron chi connectivity index (χ1n) is 13.3. The predicted octanol–water partition coefficient (Wildman–Crippen LogP) is 4.02. The van der Waals surface area contributed by atoms with Crippen LogP contribution in [0.5, 0.6) is 5.75 Å². The predicted molar refractivity (Wildman–Crippen MR) is 158 cm³/mol. The number of aliphatic hydroxyl groups excluding tert-OH is 1. The minimum Gasteiger partial charge on any atom is -0.494 e. The van der Waals surface area contributed by atoms with E-state index in [4.69, 9.17) is 14.6 Å². The van der Waals surface area contributed by atoms with Crippen LogP contribution in [0.4, 0.5) is 4.39 Å². The standard InChI is InChI=1S/C30H33FN2O6S2/c31-25-11-7-23(8-12-25)21-40-19-16-32-29(35)30(15-20-41(36,37)27-5-2-1-3-6-27)22-39-28(33-30)24-9-13-26(14-10-24)38-18-4-17-34/h1-3,5-14,34H,4,15-22H2,(H,32,35)/t30-/m1/s1. The number of rotatable bonds is 15. The molecule has 0 saturated carbocycles. The van der Waals surface area contributed by atoms with E-state index in [1.807, 2.05) is 0 Å². The zero-order valence-corrected chi connectivity index (χ0v) is 24.1. The van der Waals surface area contributed by atoms with Crippen molar-refractivity contribution in [2.75, 3.05) is 37.9 Å². The fraction of sp³-hybridized carbons (Fsp3) is 0.333. The highest BCUT2D eigenvalue weighted by molar-refractivity contribution is 7.98. The molecule has 0 spiro atoms. The van der Waals surface area contributed by atoms with E-state index < -0.39 is 21.3 Å². The van der Waals surface area contributed by atoms with E-state index in [0.717, 1.165) is 5.56 Å². The third-order valence-corrected chi connectivity index (χ3v) is 9.22. The van der Waals surface area contributed by atoms with E-state index in [-0.39, 0.29) is 42.0 Å². The number of halogens is 1. The van der Waals surface area contributed by atoms with Crippen LogP contribution in [0.2, 0.25) is 0 Å². The lowest BCUT2D eigenvalue weighted by atomic mass is 9.97. The van der Waals surface area contributed by atoms with Crippen LogP contribution in [0, 0.1) is 5.82 Å². The van der Waals surface area contributed by atoms with Gasteiger partial charge >= 0.3 is 0 Å². The van der Waals surface area contributed by atoms with E-state index in [2.05, 4.69) is 10.3 Å². The van der Waals surface area contributed by atoms with Gasteiger partial charge in [-0.3, -0.25) is 4.79 Å². The number of hydrogen-bond donors (Lipinski definition) is 2. The topological polar surface area (TPSA) is 114 Å². The molecule has 0 radical (unpaired) electrons. The summed E-state index contributed by atoms with van der Waals surface area (Å²) in [6.07, 6.45) is 0.469. The van der Waals surface area contributed by atoms with Crippen LogP contribution in [0.25, 0.3) is 0 Å². The zero-order valence-electron chi connectivity index (χ0n) is 22.5. The molecular formula is C30H33FN2O6S2. The Kier molecular flexibility index (Phi) is 10.8. The molecule has 11 heteroatoms. The largest absolute Gasteiger partial charge is 0.494 e. The molecule has 218 valence electrons. The van der Waals surface area contributed by atoms with Crippen molar-refractivity contribution in [2.45, 2.75) is 29.0 Å². The van der Waals surface area contributed by atoms with Gasteiger partial charge in [-0.15, -0.1) is 0 Å². The Morgan fingerprint density at radius 2 is 1.80 bits per heavy atom. The van der Waals surface area contributed by atoms with Crippen molar-refractivity contribution in [3.05, 3.63) is 95.8 Å². The van der Waals surface area contributed by atoms with Gasteiger partial charge in [-0.05, 0) is 60.5 Å². The summed E-state index contributed by atoms with van der Waals surface area (Å²) in [6, 6.07) is 21.4. The molecule has 3 aromatic rings. The summed E-state index contributed by atoms with van der Waals surface area (Å²) < 4.78 is 50.6. The number of benzene rings is 3. The number of carbonyl (C=O) groups excluding carboxylic acids is 1. The van der Waals surface area contributed by atoms with Crippen molar-refractivity contribution >= 4 is 33.4 Å². The van der Waals surface area contributed by atoms with Gasteiger partial charge in [0.05, 0.1) is 17.3 Å². The molecule has 1 aliphatic rings. The van der Waals surface area contributed by atoms with E-state index >= 15 is 0 Å². The molecule has 2 N–H and O–H groups in total. The Labute approximate surface area is 243 Å². The lowest BCUT2D eigenvalue weighted by Crippen LogP contribution is -2.48. The third-order valence-electron chi connectivity index (χ3n) is 6.46. The molecule has 1 amide bonds. The lowest BCUT2D eigenvalue weighted by molar-refractivity contribution is -0.126. The summed E-state index contributed by atoms with van der Waals surface area (Å²) >= 11 is 1.59. The second kappa shape index (κ2) is 14.5. The van der Waals surface area contributed by atoms with E-state index in [9.17, 15) is 17.6 Å². The molecule has 0 fully saturated rings. The first-order valence-corrected chi connectivity index (χ1v) is 16.1. The molecule has 0 saturated heterocycles. The minimum absolute atomic E-state index is 0.0415. The Morgan fingerprint density at radius 3 is 2.51 bits per heavy atom. The molecule has 8 nitrogen and oxygen atoms in total. The van der Waals surface area contributed by atoms with Crippen molar-refractivity contribution in [3.63, 3.8) is 0 Å². The lowest BCUT2D eigenvalue weighted by Gasteiger charge is -2.23. The van der Waals surface area contributed by atoms with Gasteiger partial charge in [0.2, 0.25) is 5.90 Å². The molecule has 1 heterocycles. The fourth-order valence-corrected chi connectivity index (χ4v) is 6.35. The van der Waals surface area contributed by atoms with E-state index in [1.54, 1.807) is 66.4 Å². The van der Waals surface area contributed by atoms with E-state index in [0.29, 0.717) is 42.4 Å². The molecule has 0 aromatic heterocycles. The average molecular weight is 601 g/mol. The number of hydrogen-bond acceptors (Lipinski definition) is 8. The summed E-state index contributed by atoms with van der Waals surface area (Å²) in [5.41, 5.74) is 0.207. The van der Waals surface area contributed by atoms with Crippen molar-refractivity contribution in [1.29, 1.82) is 0 Å². The molecule has 0 aliphatic carbocycles. The summed E-state index contributed by atoms with van der Waals surface area (Å²) in [7, 11) is -3.65. The maximum atomic E-state index is 13.5. The molecule has 41 heavy (non-hydrogen) atoms. The van der Waals surface area contributed by atoms with Gasteiger partial charge < -0.3 is 19.9 Å². The molecule has 1 aliphatic heterocycles. The van der Waals surface area contributed by atoms with Crippen molar-refractivity contribution in [3.8, 4) is 5.75 Å². The molecule has 3 aromatic carbocycles. The Morgan fingerprint density at radius 1 is 1.07 bits per heavy atom. The fourth-order valence-electron chi connectivity index (χ4n) is 4.12. The summed E-state index contributed by atoms with van der Waals surface area (Å²) in [6.45, 7) is 0.688. The first-order chi connectivity index (χ1) is 19.8. The van der Waals surface area contributed by atoms with Gasteiger partial charge in [0.1, 0.15) is 18.2 Å². The number of sulfone groups is 1. The number of thioether (sulfide) groups is 1. The quantitative estimate of drug-likeness (QED) is 0.253. The van der Waals surface area contributed by atoms with Gasteiger partial charge in [-0.25, -0.2) is 17.8 Å². The minimum atomic E-state index is -3.65. The Hall–Kier alpha value is -3.41. The number of carbonyl (C=O) groups is 1. The highest BCUT2D eigenvalue weighted by Gasteiger charge is 2.45. The second-order valence-corrected chi connectivity index (χ2v) is 12.7. The van der Waals surface area contributed by atoms with Crippen molar-refractivity contribution in [2.24, 2.45) is 4.99 Å². The van der Waals surface area contributed by atoms with Crippen LogP contribution in [0.15, 0.2) is 88.8 Å². The highest BCUT2D eigenvalue weighted by atomic mass is 32.2. The Balaban J connectivity index is 1.44. The van der Waals surface area contributed by atoms with Crippen molar-refractivity contribution in [1.82, 2.24) is 5.32 Å². The van der Waals surface area contributed by atoms with E-state index in [1.165, 1.54) is 24.3 Å². The van der Waals surface area contributed by atoms with Gasteiger partial charge in [0.15, 0.2) is 15.4 Å². The summed E-state index contributed by atoms with van der Waals surface area (Å²) in [5, 5.41) is 11.8. The van der Waals surface area contributed by atoms with Crippen molar-refractivity contribution < 1.29 is 32.2 Å². The van der Waals surface area contributed by atoms with Gasteiger partial charge in [0.25, 0.3) is 5.91 Å². The number of nitrogens with zero attached hydrogens (tertiary/aromatic N) is 1. The molecule has 0 unspecified atom stereocenters. The number of aliphatic imine (C=N–C) groups is 1. The smallest absolute Gasteiger partial charge is 0.251 e. The average Bonchev–Trinajstić information content (AvgIpc) is 3.44. The first kappa shape index (κ1) is 30.5. The molecule has 0 bridgehead atoms. The van der Waals surface area contributed by atoms with Crippen LogP contribution >= 0.6 is 11.8 Å². The molecule has 1 atom stereocenters. The molecular weight excluding hydrogens is 567 g/mol. The number of ether oxygens (including phenoxy) is 2. The Bertz CT molecular complexity index is 1420. The SMILES string of the molecule is O=C(NCCSCc1ccc(F)cc1)[C@@]1(CCS(=O)(=O)c2ccccc2)COC(c2ccc(OCCCO)cc2)=N1. The maximum Gasteiger partial charge on any atom is 0.251 e. The monoisotopic (exact) mass is 600 g/mol. The van der Waals surface area contributed by atoms with Crippen LogP contribution < -0.4 is 10.1 Å².